The van der Waals surface area contributed by atoms with Gasteiger partial charge in [0.25, 0.3) is 11.8 Å². The predicted octanol–water partition coefficient (Wildman–Crippen LogP) is 4.48. The monoisotopic (exact) mass is 412 g/mol. The summed E-state index contributed by atoms with van der Waals surface area (Å²) in [5.74, 6) is -1.57. The van der Waals surface area contributed by atoms with E-state index in [0.717, 1.165) is 12.1 Å². The topological polar surface area (TPSA) is 91.4 Å². The average molecular weight is 412 g/mol. The summed E-state index contributed by atoms with van der Waals surface area (Å²) in [7, 11) is 0. The SMILES string of the molecule is O=C1NC(=O)c2c1c(-c1ccc(OC(F)(F)F)cc1)cc1[nH]c3ccc(O)cc3c21. The quantitative estimate of drug-likeness (QED) is 0.424. The summed E-state index contributed by atoms with van der Waals surface area (Å²) in [5, 5.41) is 13.2. The molecule has 4 aromatic rings. The summed E-state index contributed by atoms with van der Waals surface area (Å²) in [6, 6.07) is 11.3. The van der Waals surface area contributed by atoms with Crippen LogP contribution in [0.1, 0.15) is 20.7 Å². The van der Waals surface area contributed by atoms with Gasteiger partial charge in [0, 0.05) is 21.8 Å². The minimum Gasteiger partial charge on any atom is -0.508 e. The summed E-state index contributed by atoms with van der Waals surface area (Å²) >= 11 is 0. The third-order valence-corrected chi connectivity index (χ3v) is 4.95. The maximum atomic E-state index is 12.6. The van der Waals surface area contributed by atoms with Crippen molar-refractivity contribution in [2.75, 3.05) is 0 Å². The lowest BCUT2D eigenvalue weighted by atomic mass is 9.93. The Kier molecular flexibility index (Phi) is 3.60. The van der Waals surface area contributed by atoms with Crippen LogP contribution in [0, 0.1) is 0 Å². The van der Waals surface area contributed by atoms with E-state index >= 15 is 0 Å². The Morgan fingerprint density at radius 1 is 0.867 bits per heavy atom. The van der Waals surface area contributed by atoms with E-state index in [0.29, 0.717) is 32.9 Å². The molecule has 150 valence electrons. The van der Waals surface area contributed by atoms with Gasteiger partial charge >= 0.3 is 6.36 Å². The van der Waals surface area contributed by atoms with Gasteiger partial charge in [-0.25, -0.2) is 0 Å². The number of rotatable bonds is 2. The maximum absolute atomic E-state index is 12.6. The molecule has 0 atom stereocenters. The van der Waals surface area contributed by atoms with Crippen LogP contribution < -0.4 is 10.1 Å². The van der Waals surface area contributed by atoms with E-state index in [2.05, 4.69) is 15.0 Å². The van der Waals surface area contributed by atoms with Crippen molar-refractivity contribution in [3.8, 4) is 22.6 Å². The average Bonchev–Trinajstić information content (AvgIpc) is 3.17. The van der Waals surface area contributed by atoms with E-state index in [9.17, 15) is 27.9 Å². The number of hydrogen-bond donors (Lipinski definition) is 3. The molecular formula is C21H11F3N2O4. The molecule has 0 spiro atoms. The summed E-state index contributed by atoms with van der Waals surface area (Å²) in [6.45, 7) is 0. The normalized spacial score (nSPS) is 13.7. The maximum Gasteiger partial charge on any atom is 0.573 e. The molecule has 3 aromatic carbocycles. The number of aromatic amines is 1. The van der Waals surface area contributed by atoms with E-state index in [-0.39, 0.29) is 16.9 Å². The number of aromatic hydroxyl groups is 1. The van der Waals surface area contributed by atoms with Gasteiger partial charge in [0.15, 0.2) is 0 Å². The third-order valence-electron chi connectivity index (χ3n) is 4.95. The number of carbonyl (C=O) groups is 2. The van der Waals surface area contributed by atoms with Gasteiger partial charge in [-0.3, -0.25) is 14.9 Å². The summed E-state index contributed by atoms with van der Waals surface area (Å²) in [6.07, 6.45) is -4.82. The van der Waals surface area contributed by atoms with Crippen molar-refractivity contribution < 1.29 is 32.6 Å². The molecule has 30 heavy (non-hydrogen) atoms. The number of nitrogens with one attached hydrogen (secondary N) is 2. The first-order valence-corrected chi connectivity index (χ1v) is 8.74. The summed E-state index contributed by atoms with van der Waals surface area (Å²) in [4.78, 5) is 28.2. The summed E-state index contributed by atoms with van der Waals surface area (Å²) in [5.41, 5.74) is 2.30. The fourth-order valence-corrected chi connectivity index (χ4v) is 3.81. The molecule has 3 N–H and O–H groups in total. The second-order valence-electron chi connectivity index (χ2n) is 6.81. The van der Waals surface area contributed by atoms with Crippen LogP contribution in [0.25, 0.3) is 32.9 Å². The number of imide groups is 1. The molecule has 9 heteroatoms. The first-order chi connectivity index (χ1) is 14.2. The van der Waals surface area contributed by atoms with E-state index in [4.69, 9.17) is 0 Å². The number of aromatic nitrogens is 1. The van der Waals surface area contributed by atoms with Crippen molar-refractivity contribution in [3.05, 3.63) is 59.7 Å². The molecule has 2 heterocycles. The second-order valence-corrected chi connectivity index (χ2v) is 6.81. The zero-order valence-corrected chi connectivity index (χ0v) is 14.9. The standard InChI is InChI=1S/C21H11F3N2O4/c22-21(23,24)30-11-4-1-9(2-5-11)12-8-15-16(18-17(12)19(28)26-20(18)29)13-7-10(27)3-6-14(13)25-15/h1-8,25,27H,(H,26,28,29). The molecule has 0 aliphatic carbocycles. The molecule has 5 rings (SSSR count). The molecule has 1 aromatic heterocycles. The van der Waals surface area contributed by atoms with Gasteiger partial charge in [0.05, 0.1) is 11.1 Å². The number of alkyl halides is 3. The molecular weight excluding hydrogens is 401 g/mol. The van der Waals surface area contributed by atoms with E-state index in [1.807, 2.05) is 0 Å². The Bertz CT molecular complexity index is 1370. The number of phenols is 1. The molecule has 0 saturated heterocycles. The van der Waals surface area contributed by atoms with E-state index in [1.54, 1.807) is 12.1 Å². The van der Waals surface area contributed by atoms with Crippen molar-refractivity contribution in [2.45, 2.75) is 6.36 Å². The molecule has 1 aliphatic heterocycles. The van der Waals surface area contributed by atoms with Crippen LogP contribution in [0.5, 0.6) is 11.5 Å². The van der Waals surface area contributed by atoms with Crippen LogP contribution >= 0.6 is 0 Å². The van der Waals surface area contributed by atoms with E-state index < -0.39 is 23.9 Å². The van der Waals surface area contributed by atoms with Gasteiger partial charge in [-0.15, -0.1) is 13.2 Å². The lowest BCUT2D eigenvalue weighted by Gasteiger charge is -2.11. The number of halogens is 3. The number of fused-ring (bicyclic) bond motifs is 5. The van der Waals surface area contributed by atoms with Gasteiger partial charge in [-0.1, -0.05) is 12.1 Å². The van der Waals surface area contributed by atoms with E-state index in [1.165, 1.54) is 24.3 Å². The highest BCUT2D eigenvalue weighted by Crippen LogP contribution is 2.40. The van der Waals surface area contributed by atoms with Crippen LogP contribution in [0.3, 0.4) is 0 Å². The fourth-order valence-electron chi connectivity index (χ4n) is 3.81. The van der Waals surface area contributed by atoms with Gasteiger partial charge in [-0.2, -0.15) is 0 Å². The minimum atomic E-state index is -4.82. The van der Waals surface area contributed by atoms with Crippen LogP contribution in [0.4, 0.5) is 13.2 Å². The number of hydrogen-bond acceptors (Lipinski definition) is 4. The molecule has 6 nitrogen and oxygen atoms in total. The minimum absolute atomic E-state index is 0.00575. The first kappa shape index (κ1) is 18.0. The van der Waals surface area contributed by atoms with Crippen LogP contribution in [-0.4, -0.2) is 28.3 Å². The largest absolute Gasteiger partial charge is 0.573 e. The number of benzene rings is 3. The number of H-pyrrole nitrogens is 1. The zero-order chi connectivity index (χ0) is 21.2. The van der Waals surface area contributed by atoms with Gasteiger partial charge in [-0.05, 0) is 47.5 Å². The van der Waals surface area contributed by atoms with Gasteiger partial charge < -0.3 is 14.8 Å². The Morgan fingerprint density at radius 3 is 2.27 bits per heavy atom. The lowest BCUT2D eigenvalue weighted by molar-refractivity contribution is -0.274. The smallest absolute Gasteiger partial charge is 0.508 e. The Hall–Kier alpha value is -4.01. The molecule has 0 unspecified atom stereocenters. The molecule has 2 amide bonds. The van der Waals surface area contributed by atoms with Crippen LogP contribution in [-0.2, 0) is 0 Å². The molecule has 0 radical (unpaired) electrons. The highest BCUT2D eigenvalue weighted by Gasteiger charge is 2.34. The Morgan fingerprint density at radius 2 is 1.57 bits per heavy atom. The van der Waals surface area contributed by atoms with Crippen molar-refractivity contribution in [2.24, 2.45) is 0 Å². The molecule has 0 saturated carbocycles. The first-order valence-electron chi connectivity index (χ1n) is 8.74. The van der Waals surface area contributed by atoms with Crippen molar-refractivity contribution in [1.29, 1.82) is 0 Å². The van der Waals surface area contributed by atoms with Crippen LogP contribution in [0.2, 0.25) is 0 Å². The highest BCUT2D eigenvalue weighted by atomic mass is 19.4. The Balaban J connectivity index is 1.76. The number of carbonyl (C=O) groups excluding carboxylic acids is 2. The fraction of sp³-hybridized carbons (Fsp3) is 0.0476. The number of phenolic OH excluding ortho intramolecular Hbond substituents is 1. The third kappa shape index (κ3) is 2.74. The molecule has 0 fully saturated rings. The zero-order valence-electron chi connectivity index (χ0n) is 14.9. The number of amides is 2. The lowest BCUT2D eigenvalue weighted by Crippen LogP contribution is -2.20. The predicted molar refractivity (Wildman–Crippen MR) is 101 cm³/mol. The van der Waals surface area contributed by atoms with Crippen LogP contribution in [0.15, 0.2) is 48.5 Å². The van der Waals surface area contributed by atoms with Crippen molar-refractivity contribution in [1.82, 2.24) is 10.3 Å². The molecule has 0 bridgehead atoms. The second kappa shape index (κ2) is 5.99. The van der Waals surface area contributed by atoms with Crippen molar-refractivity contribution >= 4 is 33.6 Å². The number of ether oxygens (including phenoxy) is 1. The Labute approximate surface area is 165 Å². The summed E-state index contributed by atoms with van der Waals surface area (Å²) < 4.78 is 41.1. The molecule has 1 aliphatic rings. The highest BCUT2D eigenvalue weighted by molar-refractivity contribution is 6.32. The van der Waals surface area contributed by atoms with Gasteiger partial charge in [0.2, 0.25) is 0 Å². The van der Waals surface area contributed by atoms with Gasteiger partial charge in [0.1, 0.15) is 11.5 Å². The van der Waals surface area contributed by atoms with Crippen molar-refractivity contribution in [3.63, 3.8) is 0 Å².